The molecule has 0 aliphatic carbocycles. The van der Waals surface area contributed by atoms with Crippen molar-refractivity contribution < 1.29 is 4.79 Å². The van der Waals surface area contributed by atoms with Crippen molar-refractivity contribution in [3.05, 3.63) is 45.1 Å². The van der Waals surface area contributed by atoms with E-state index in [0.29, 0.717) is 24.0 Å². The Balaban J connectivity index is 2.07. The van der Waals surface area contributed by atoms with Crippen molar-refractivity contribution in [3.8, 4) is 0 Å². The molecule has 2 heterocycles. The van der Waals surface area contributed by atoms with Gasteiger partial charge in [0.25, 0.3) is 5.56 Å². The fourth-order valence-electron chi connectivity index (χ4n) is 3.34. The minimum absolute atomic E-state index is 0.161. The third-order valence-corrected chi connectivity index (χ3v) is 4.81. The van der Waals surface area contributed by atoms with Crippen molar-refractivity contribution in [3.63, 3.8) is 0 Å². The highest BCUT2D eigenvalue weighted by atomic mass is 16.2. The first-order valence-corrected chi connectivity index (χ1v) is 8.61. The van der Waals surface area contributed by atoms with Gasteiger partial charge in [0.15, 0.2) is 0 Å². The van der Waals surface area contributed by atoms with Gasteiger partial charge in [0.2, 0.25) is 5.91 Å². The standard InChI is InChI=1S/C18H24N4O3/c1-12(2)15(17(24)21-10-8-20(3)9-11-21)22-16(23)13-6-4-5-7-14(13)19-18(22)25/h4-7,12,15H,8-11H2,1-3H3,(H,19,25). The molecule has 134 valence electrons. The zero-order valence-corrected chi connectivity index (χ0v) is 14.9. The fourth-order valence-corrected chi connectivity index (χ4v) is 3.34. The predicted octanol–water partition coefficient (Wildman–Crippen LogP) is 0.661. The molecule has 7 nitrogen and oxygen atoms in total. The van der Waals surface area contributed by atoms with Gasteiger partial charge in [0, 0.05) is 26.2 Å². The maximum absolute atomic E-state index is 13.1. The summed E-state index contributed by atoms with van der Waals surface area (Å²) in [5.74, 6) is -0.335. The van der Waals surface area contributed by atoms with Gasteiger partial charge in [-0.3, -0.25) is 9.59 Å². The summed E-state index contributed by atoms with van der Waals surface area (Å²) in [6.45, 7) is 6.52. The van der Waals surface area contributed by atoms with Crippen molar-refractivity contribution in [2.24, 2.45) is 5.92 Å². The molecule has 25 heavy (non-hydrogen) atoms. The lowest BCUT2D eigenvalue weighted by molar-refractivity contribution is -0.137. The number of hydrogen-bond acceptors (Lipinski definition) is 4. The molecule has 1 atom stereocenters. The van der Waals surface area contributed by atoms with Gasteiger partial charge in [-0.2, -0.15) is 0 Å². The van der Waals surface area contributed by atoms with Crippen LogP contribution in [-0.4, -0.2) is 58.5 Å². The summed E-state index contributed by atoms with van der Waals surface area (Å²) in [7, 11) is 2.01. The van der Waals surface area contributed by atoms with Gasteiger partial charge < -0.3 is 14.8 Å². The molecule has 7 heteroatoms. The summed E-state index contributed by atoms with van der Waals surface area (Å²) >= 11 is 0. The van der Waals surface area contributed by atoms with E-state index in [4.69, 9.17) is 0 Å². The second-order valence-corrected chi connectivity index (χ2v) is 6.97. The highest BCUT2D eigenvalue weighted by Gasteiger charge is 2.32. The number of aromatic nitrogens is 2. The number of para-hydroxylation sites is 1. The van der Waals surface area contributed by atoms with Crippen LogP contribution in [0.5, 0.6) is 0 Å². The fraction of sp³-hybridized carbons (Fsp3) is 0.500. The number of benzene rings is 1. The molecular formula is C18H24N4O3. The molecule has 1 aliphatic rings. The van der Waals surface area contributed by atoms with E-state index >= 15 is 0 Å². The number of nitrogens with zero attached hydrogens (tertiary/aromatic N) is 3. The zero-order chi connectivity index (χ0) is 18.1. The summed E-state index contributed by atoms with van der Waals surface area (Å²) in [4.78, 5) is 45.2. The number of amides is 1. The van der Waals surface area contributed by atoms with Crippen molar-refractivity contribution >= 4 is 16.8 Å². The van der Waals surface area contributed by atoms with Gasteiger partial charge >= 0.3 is 5.69 Å². The summed E-state index contributed by atoms with van der Waals surface area (Å²) in [6, 6.07) is 6.07. The van der Waals surface area contributed by atoms with E-state index in [9.17, 15) is 14.4 Å². The third kappa shape index (κ3) is 3.24. The number of H-pyrrole nitrogens is 1. The molecular weight excluding hydrogens is 320 g/mol. The van der Waals surface area contributed by atoms with Crippen LogP contribution >= 0.6 is 0 Å². The van der Waals surface area contributed by atoms with Crippen LogP contribution in [0.25, 0.3) is 10.9 Å². The van der Waals surface area contributed by atoms with Crippen LogP contribution in [0.4, 0.5) is 0 Å². The van der Waals surface area contributed by atoms with Crippen LogP contribution in [0.2, 0.25) is 0 Å². The van der Waals surface area contributed by atoms with Gasteiger partial charge in [-0.15, -0.1) is 0 Å². The number of piperazine rings is 1. The van der Waals surface area contributed by atoms with Gasteiger partial charge in [0.1, 0.15) is 6.04 Å². The predicted molar refractivity (Wildman–Crippen MR) is 96.8 cm³/mol. The quantitative estimate of drug-likeness (QED) is 0.887. The molecule has 1 amide bonds. The Hall–Kier alpha value is -2.41. The minimum Gasteiger partial charge on any atom is -0.338 e. The van der Waals surface area contributed by atoms with Crippen LogP contribution in [0.15, 0.2) is 33.9 Å². The highest BCUT2D eigenvalue weighted by molar-refractivity contribution is 5.82. The molecule has 1 N–H and O–H groups in total. The second-order valence-electron chi connectivity index (χ2n) is 6.97. The Kier molecular flexibility index (Phi) is 4.76. The largest absolute Gasteiger partial charge is 0.338 e. The Labute approximate surface area is 145 Å². The maximum Gasteiger partial charge on any atom is 0.329 e. The number of carbonyl (C=O) groups excluding carboxylic acids is 1. The number of hydrogen-bond donors (Lipinski definition) is 1. The lowest BCUT2D eigenvalue weighted by atomic mass is 10.0. The highest BCUT2D eigenvalue weighted by Crippen LogP contribution is 2.19. The topological polar surface area (TPSA) is 78.4 Å². The summed E-state index contributed by atoms with van der Waals surface area (Å²) in [5, 5.41) is 0.416. The Morgan fingerprint density at radius 3 is 2.36 bits per heavy atom. The molecule has 0 bridgehead atoms. The average molecular weight is 344 g/mol. The Bertz CT molecular complexity index is 891. The van der Waals surface area contributed by atoms with Gasteiger partial charge in [-0.05, 0) is 25.1 Å². The van der Waals surface area contributed by atoms with E-state index in [1.807, 2.05) is 20.9 Å². The molecule has 3 rings (SSSR count). The smallest absolute Gasteiger partial charge is 0.329 e. The summed E-state index contributed by atoms with van der Waals surface area (Å²) in [6.07, 6.45) is 0. The second kappa shape index (κ2) is 6.84. The van der Waals surface area contributed by atoms with E-state index in [1.165, 1.54) is 0 Å². The van der Waals surface area contributed by atoms with Crippen LogP contribution in [0.3, 0.4) is 0 Å². The minimum atomic E-state index is -0.802. The van der Waals surface area contributed by atoms with E-state index in [0.717, 1.165) is 17.7 Å². The zero-order valence-electron chi connectivity index (χ0n) is 14.9. The summed E-state index contributed by atoms with van der Waals surface area (Å²) in [5.41, 5.74) is -0.464. The molecule has 1 aromatic heterocycles. The molecule has 2 aromatic rings. The molecule has 1 aromatic carbocycles. The normalized spacial score (nSPS) is 17.2. The number of nitrogens with one attached hydrogen (secondary N) is 1. The SMILES string of the molecule is CC(C)C(C(=O)N1CCN(C)CC1)n1c(=O)[nH]c2ccccc2c1=O. The van der Waals surface area contributed by atoms with Crippen molar-refractivity contribution in [2.45, 2.75) is 19.9 Å². The van der Waals surface area contributed by atoms with E-state index in [2.05, 4.69) is 9.88 Å². The van der Waals surface area contributed by atoms with Crippen LogP contribution in [-0.2, 0) is 4.79 Å². The molecule has 0 radical (unpaired) electrons. The number of likely N-dealkylation sites (N-methyl/N-ethyl adjacent to an activating group) is 1. The van der Waals surface area contributed by atoms with Crippen LogP contribution < -0.4 is 11.2 Å². The monoisotopic (exact) mass is 344 g/mol. The van der Waals surface area contributed by atoms with Crippen LogP contribution in [0, 0.1) is 5.92 Å². The lowest BCUT2D eigenvalue weighted by Gasteiger charge is -2.35. The van der Waals surface area contributed by atoms with Crippen molar-refractivity contribution in [1.29, 1.82) is 0 Å². The molecule has 1 unspecified atom stereocenters. The Morgan fingerprint density at radius 1 is 1.08 bits per heavy atom. The average Bonchev–Trinajstić information content (AvgIpc) is 2.58. The Morgan fingerprint density at radius 2 is 1.72 bits per heavy atom. The third-order valence-electron chi connectivity index (χ3n) is 4.81. The maximum atomic E-state index is 13.1. The molecule has 0 saturated carbocycles. The summed E-state index contributed by atoms with van der Waals surface area (Å²) < 4.78 is 1.09. The molecule has 1 saturated heterocycles. The van der Waals surface area contributed by atoms with Crippen LogP contribution in [0.1, 0.15) is 19.9 Å². The van der Waals surface area contributed by atoms with E-state index in [1.54, 1.807) is 29.2 Å². The van der Waals surface area contributed by atoms with Crippen molar-refractivity contribution in [1.82, 2.24) is 19.4 Å². The first kappa shape index (κ1) is 17.4. The molecule has 1 aliphatic heterocycles. The molecule has 0 spiro atoms. The molecule has 1 fully saturated rings. The lowest BCUT2D eigenvalue weighted by Crippen LogP contribution is -2.53. The number of aromatic amines is 1. The van der Waals surface area contributed by atoms with Gasteiger partial charge in [-0.25, -0.2) is 9.36 Å². The van der Waals surface area contributed by atoms with Crippen molar-refractivity contribution in [2.75, 3.05) is 33.2 Å². The van der Waals surface area contributed by atoms with E-state index in [-0.39, 0.29) is 11.8 Å². The number of carbonyl (C=O) groups is 1. The first-order chi connectivity index (χ1) is 11.9. The number of rotatable bonds is 3. The van der Waals surface area contributed by atoms with Gasteiger partial charge in [-0.1, -0.05) is 26.0 Å². The van der Waals surface area contributed by atoms with E-state index < -0.39 is 17.3 Å². The van der Waals surface area contributed by atoms with Gasteiger partial charge in [0.05, 0.1) is 10.9 Å². The first-order valence-electron chi connectivity index (χ1n) is 8.61. The number of fused-ring (bicyclic) bond motifs is 1.